The topological polar surface area (TPSA) is 118 Å². The number of nitrogens with zero attached hydrogens (tertiary/aromatic N) is 6. The predicted molar refractivity (Wildman–Crippen MR) is 118 cm³/mol. The monoisotopic (exact) mass is 416 g/mol. The fraction of sp³-hybridized carbons (Fsp3) is 0.318. The summed E-state index contributed by atoms with van der Waals surface area (Å²) in [5.74, 6) is 2.31. The number of nitrogens with one attached hydrogen (secondary N) is 1. The Labute approximate surface area is 180 Å². The van der Waals surface area contributed by atoms with E-state index in [1.807, 2.05) is 18.1 Å². The molecule has 1 aliphatic heterocycles. The van der Waals surface area contributed by atoms with Crippen LogP contribution in [0.4, 0.5) is 5.82 Å². The van der Waals surface area contributed by atoms with Crippen LogP contribution < -0.4 is 11.1 Å². The highest BCUT2D eigenvalue weighted by molar-refractivity contribution is 5.84. The van der Waals surface area contributed by atoms with E-state index < -0.39 is 0 Å². The van der Waals surface area contributed by atoms with Gasteiger partial charge in [0, 0.05) is 26.8 Å². The molecule has 0 radical (unpaired) electrons. The van der Waals surface area contributed by atoms with Gasteiger partial charge in [-0.15, -0.1) is 0 Å². The van der Waals surface area contributed by atoms with Crippen molar-refractivity contribution in [3.63, 3.8) is 0 Å². The van der Waals surface area contributed by atoms with Crippen LogP contribution in [-0.4, -0.2) is 51.6 Å². The van der Waals surface area contributed by atoms with Crippen molar-refractivity contribution in [1.29, 1.82) is 0 Å². The van der Waals surface area contributed by atoms with Gasteiger partial charge in [-0.25, -0.2) is 15.0 Å². The lowest BCUT2D eigenvalue weighted by Gasteiger charge is -2.39. The molecule has 0 saturated heterocycles. The molecule has 1 fully saturated rings. The first-order chi connectivity index (χ1) is 15.1. The van der Waals surface area contributed by atoms with Crippen molar-refractivity contribution in [3.8, 4) is 11.6 Å². The Morgan fingerprint density at radius 3 is 2.55 bits per heavy atom. The number of aliphatic imine (C=N–C) groups is 1. The number of hydrogen-bond donors (Lipinski definition) is 2. The van der Waals surface area contributed by atoms with Gasteiger partial charge in [0.05, 0.1) is 17.8 Å². The van der Waals surface area contributed by atoms with Gasteiger partial charge in [0.15, 0.2) is 11.8 Å². The highest BCUT2D eigenvalue weighted by Crippen LogP contribution is 2.48. The zero-order valence-corrected chi connectivity index (χ0v) is 17.5. The minimum absolute atomic E-state index is 0.223. The highest BCUT2D eigenvalue weighted by Gasteiger charge is 2.44. The molecule has 3 N–H and O–H groups in total. The first-order valence-electron chi connectivity index (χ1n) is 10.3. The van der Waals surface area contributed by atoms with E-state index >= 15 is 0 Å². The summed E-state index contributed by atoms with van der Waals surface area (Å²) in [5.41, 5.74) is 9.65. The van der Waals surface area contributed by atoms with Gasteiger partial charge >= 0.3 is 0 Å². The highest BCUT2D eigenvalue weighted by atomic mass is 16.5. The lowest BCUT2D eigenvalue weighted by atomic mass is 9.64. The van der Waals surface area contributed by atoms with Crippen molar-refractivity contribution in [1.82, 2.24) is 25.0 Å². The van der Waals surface area contributed by atoms with Crippen LogP contribution in [0.3, 0.4) is 0 Å². The molecule has 9 nitrogen and oxygen atoms in total. The van der Waals surface area contributed by atoms with Gasteiger partial charge < -0.3 is 20.5 Å². The number of rotatable bonds is 5. The Hall–Kier alpha value is -3.75. The van der Waals surface area contributed by atoms with Gasteiger partial charge in [0.1, 0.15) is 11.5 Å². The van der Waals surface area contributed by atoms with E-state index in [4.69, 9.17) is 10.3 Å². The summed E-state index contributed by atoms with van der Waals surface area (Å²) in [5, 5.41) is 7.26. The second kappa shape index (κ2) is 7.50. The lowest BCUT2D eigenvalue weighted by Crippen LogP contribution is -2.37. The number of anilines is 1. The van der Waals surface area contributed by atoms with Crippen molar-refractivity contribution in [2.45, 2.75) is 24.7 Å². The minimum Gasteiger partial charge on any atom is -0.372 e. The summed E-state index contributed by atoms with van der Waals surface area (Å²) in [6.07, 6.45) is 8.23. The van der Waals surface area contributed by atoms with Crippen molar-refractivity contribution in [2.75, 3.05) is 26.0 Å². The summed E-state index contributed by atoms with van der Waals surface area (Å²) in [4.78, 5) is 19.5. The average Bonchev–Trinajstić information content (AvgIpc) is 3.26. The first-order valence-corrected chi connectivity index (χ1v) is 10.3. The van der Waals surface area contributed by atoms with Gasteiger partial charge in [0.2, 0.25) is 0 Å². The molecule has 9 heteroatoms. The fourth-order valence-electron chi connectivity index (χ4n) is 4.05. The molecule has 5 rings (SSSR count). The maximum Gasteiger partial charge on any atom is 0.278 e. The summed E-state index contributed by atoms with van der Waals surface area (Å²) >= 11 is 0. The van der Waals surface area contributed by atoms with E-state index in [1.165, 1.54) is 5.56 Å². The van der Waals surface area contributed by atoms with E-state index in [0.717, 1.165) is 36.9 Å². The van der Waals surface area contributed by atoms with Crippen molar-refractivity contribution < 1.29 is 4.52 Å². The molecule has 0 unspecified atom stereocenters. The van der Waals surface area contributed by atoms with Crippen LogP contribution in [0, 0.1) is 0 Å². The van der Waals surface area contributed by atoms with Crippen molar-refractivity contribution in [2.24, 2.45) is 10.7 Å². The normalized spacial score (nSPS) is 17.5. The van der Waals surface area contributed by atoms with E-state index in [0.29, 0.717) is 29.2 Å². The van der Waals surface area contributed by atoms with E-state index in [9.17, 15) is 0 Å². The molecule has 0 amide bonds. The Morgan fingerprint density at radius 2 is 1.94 bits per heavy atom. The smallest absolute Gasteiger partial charge is 0.278 e. The minimum atomic E-state index is -0.223. The molecular formula is C22H24N8O. The number of benzene rings is 1. The Balaban J connectivity index is 1.42. The average molecular weight is 416 g/mol. The zero-order valence-electron chi connectivity index (χ0n) is 17.5. The van der Waals surface area contributed by atoms with Crippen LogP contribution in [0.15, 0.2) is 52.4 Å². The molecule has 1 aromatic carbocycles. The number of aromatic nitrogens is 4. The van der Waals surface area contributed by atoms with Gasteiger partial charge in [-0.2, -0.15) is 4.98 Å². The molecule has 2 aliphatic rings. The predicted octanol–water partition coefficient (Wildman–Crippen LogP) is 2.64. The number of hydrogen-bond acceptors (Lipinski definition) is 9. The van der Waals surface area contributed by atoms with Crippen LogP contribution in [-0.2, 0) is 5.41 Å². The van der Waals surface area contributed by atoms with Crippen LogP contribution >= 0.6 is 0 Å². The molecular weight excluding hydrogens is 392 g/mol. The molecule has 158 valence electrons. The third-order valence-electron chi connectivity index (χ3n) is 6.15. The standard InChI is InChI=1S/C22H24N8O/c1-24-18-12-25-17(11-26-18)19-28-20(29-31-19)22(8-3-9-22)16-6-4-14(5-7-16)15-10-27-21(23)30(2)13-15/h4-7,10-12H,3,8-9,13H2,1-2H3,(H2,23,27)(H,24,26). The van der Waals surface area contributed by atoms with Crippen LogP contribution in [0.5, 0.6) is 0 Å². The third kappa shape index (κ3) is 3.31. The molecule has 2 aromatic heterocycles. The third-order valence-corrected chi connectivity index (χ3v) is 6.15. The number of nitrogens with two attached hydrogens (primary N) is 1. The molecule has 1 aliphatic carbocycles. The van der Waals surface area contributed by atoms with Gasteiger partial charge in [0.25, 0.3) is 5.89 Å². The van der Waals surface area contributed by atoms with Crippen LogP contribution in [0.25, 0.3) is 17.2 Å². The number of likely N-dealkylation sites (N-methyl/N-ethyl adjacent to an activating group) is 1. The quantitative estimate of drug-likeness (QED) is 0.652. The van der Waals surface area contributed by atoms with Crippen molar-refractivity contribution in [3.05, 3.63) is 59.8 Å². The molecule has 3 heterocycles. The van der Waals surface area contributed by atoms with Crippen LogP contribution in [0.2, 0.25) is 0 Å². The van der Waals surface area contributed by atoms with Crippen LogP contribution in [0.1, 0.15) is 36.2 Å². The molecule has 31 heavy (non-hydrogen) atoms. The van der Waals surface area contributed by atoms with E-state index in [-0.39, 0.29) is 5.41 Å². The Morgan fingerprint density at radius 1 is 1.13 bits per heavy atom. The van der Waals surface area contributed by atoms with Gasteiger partial charge in [-0.3, -0.25) is 0 Å². The summed E-state index contributed by atoms with van der Waals surface area (Å²) < 4.78 is 5.54. The van der Waals surface area contributed by atoms with Crippen molar-refractivity contribution >= 4 is 17.4 Å². The summed E-state index contributed by atoms with van der Waals surface area (Å²) in [6, 6.07) is 8.59. The Kier molecular flexibility index (Phi) is 4.65. The molecule has 1 saturated carbocycles. The fourth-order valence-corrected chi connectivity index (χ4v) is 4.05. The lowest BCUT2D eigenvalue weighted by molar-refractivity contribution is 0.273. The van der Waals surface area contributed by atoms with Gasteiger partial charge in [-0.05, 0) is 29.5 Å². The molecule has 0 bridgehead atoms. The summed E-state index contributed by atoms with van der Waals surface area (Å²) in [6.45, 7) is 0.738. The van der Waals surface area contributed by atoms with Gasteiger partial charge in [-0.1, -0.05) is 35.8 Å². The first kappa shape index (κ1) is 19.2. The molecule has 0 atom stereocenters. The maximum atomic E-state index is 5.85. The maximum absolute atomic E-state index is 5.85. The van der Waals surface area contributed by atoms with E-state index in [1.54, 1.807) is 19.4 Å². The SMILES string of the molecule is CNc1cnc(-c2nc(C3(c4ccc(C5=CN=C(N)N(C)C5)cc4)CCC3)no2)cn1. The summed E-state index contributed by atoms with van der Waals surface area (Å²) in [7, 11) is 3.74. The second-order valence-corrected chi connectivity index (χ2v) is 7.97. The second-order valence-electron chi connectivity index (χ2n) is 7.97. The van der Waals surface area contributed by atoms with E-state index in [2.05, 4.69) is 54.7 Å². The number of guanidine groups is 1. The molecule has 0 spiro atoms. The zero-order chi connectivity index (χ0) is 21.4. The Bertz CT molecular complexity index is 1140. The largest absolute Gasteiger partial charge is 0.372 e. The molecule has 3 aromatic rings.